The average molecular weight is 479 g/mol. The second kappa shape index (κ2) is 9.82. The molecule has 0 bridgehead atoms. The van der Waals surface area contributed by atoms with Gasteiger partial charge in [-0.25, -0.2) is 9.97 Å². The number of hydrogen-bond donors (Lipinski definition) is 1. The fourth-order valence-corrected chi connectivity index (χ4v) is 6.21. The van der Waals surface area contributed by atoms with Gasteiger partial charge in [0.15, 0.2) is 5.13 Å². The van der Waals surface area contributed by atoms with Gasteiger partial charge >= 0.3 is 0 Å². The summed E-state index contributed by atoms with van der Waals surface area (Å²) in [7, 11) is 0. The topological polar surface area (TPSA) is 78.7 Å². The Morgan fingerprint density at radius 1 is 1.33 bits per heavy atom. The molecular weight excluding hydrogens is 448 g/mol. The molecular formula is C26H30N4OS2. The van der Waals surface area contributed by atoms with Crippen LogP contribution in [0.1, 0.15) is 63.8 Å². The Morgan fingerprint density at radius 2 is 2.12 bits per heavy atom. The van der Waals surface area contributed by atoms with E-state index in [0.29, 0.717) is 28.1 Å². The van der Waals surface area contributed by atoms with Crippen LogP contribution in [-0.4, -0.2) is 21.1 Å². The van der Waals surface area contributed by atoms with Crippen molar-refractivity contribution >= 4 is 44.4 Å². The summed E-state index contributed by atoms with van der Waals surface area (Å²) in [6, 6.07) is 12.2. The van der Waals surface area contributed by atoms with Crippen LogP contribution in [0.3, 0.4) is 0 Å². The van der Waals surface area contributed by atoms with Crippen molar-refractivity contribution in [2.45, 2.75) is 70.1 Å². The van der Waals surface area contributed by atoms with Crippen LogP contribution in [0, 0.1) is 22.7 Å². The maximum absolute atomic E-state index is 13.0. The number of nitrogens with one attached hydrogen (secondary N) is 1. The number of aryl methyl sites for hydroxylation is 1. The number of fused-ring (bicyclic) bond motifs is 2. The van der Waals surface area contributed by atoms with Crippen LogP contribution in [0.5, 0.6) is 0 Å². The molecule has 3 aromatic rings. The number of carbonyl (C=O) groups is 1. The highest BCUT2D eigenvalue weighted by atomic mass is 32.2. The van der Waals surface area contributed by atoms with Gasteiger partial charge < -0.3 is 5.32 Å². The Bertz CT molecular complexity index is 1180. The van der Waals surface area contributed by atoms with Crippen molar-refractivity contribution in [2.24, 2.45) is 11.3 Å². The van der Waals surface area contributed by atoms with Gasteiger partial charge in [-0.2, -0.15) is 5.26 Å². The van der Waals surface area contributed by atoms with Crippen molar-refractivity contribution in [3.05, 3.63) is 47.2 Å². The van der Waals surface area contributed by atoms with Crippen LogP contribution in [0.4, 0.5) is 5.13 Å². The largest absolute Gasteiger partial charge is 0.301 e. The van der Waals surface area contributed by atoms with Crippen LogP contribution in [0.25, 0.3) is 10.2 Å². The van der Waals surface area contributed by atoms with Gasteiger partial charge in [-0.05, 0) is 60.8 Å². The van der Waals surface area contributed by atoms with Gasteiger partial charge in [0, 0.05) is 5.69 Å². The minimum atomic E-state index is -0.343. The Kier molecular flexibility index (Phi) is 7.06. The van der Waals surface area contributed by atoms with E-state index in [1.165, 1.54) is 28.7 Å². The summed E-state index contributed by atoms with van der Waals surface area (Å²) < 4.78 is 1.04. The van der Waals surface area contributed by atoms with Crippen molar-refractivity contribution in [1.29, 1.82) is 5.26 Å². The number of aromatic nitrogens is 2. The Labute approximate surface area is 204 Å². The lowest BCUT2D eigenvalue weighted by Crippen LogP contribution is -2.29. The van der Waals surface area contributed by atoms with E-state index in [9.17, 15) is 10.1 Å². The van der Waals surface area contributed by atoms with E-state index in [4.69, 9.17) is 4.98 Å². The van der Waals surface area contributed by atoms with E-state index >= 15 is 0 Å². The highest BCUT2D eigenvalue weighted by Crippen LogP contribution is 2.40. The summed E-state index contributed by atoms with van der Waals surface area (Å²) >= 11 is 2.86. The van der Waals surface area contributed by atoms with Gasteiger partial charge in [-0.1, -0.05) is 69.3 Å². The fourth-order valence-electron chi connectivity index (χ4n) is 4.34. The maximum atomic E-state index is 13.0. The smallest absolute Gasteiger partial charge is 0.239 e. The third-order valence-corrected chi connectivity index (χ3v) is 9.25. The Morgan fingerprint density at radius 3 is 2.82 bits per heavy atom. The van der Waals surface area contributed by atoms with Crippen molar-refractivity contribution < 1.29 is 4.79 Å². The van der Waals surface area contributed by atoms with E-state index in [1.807, 2.05) is 37.3 Å². The first-order chi connectivity index (χ1) is 15.8. The Hall–Kier alpha value is -2.43. The molecule has 1 aliphatic carbocycles. The second-order valence-corrected chi connectivity index (χ2v) is 11.6. The quantitative estimate of drug-likeness (QED) is 0.386. The summed E-state index contributed by atoms with van der Waals surface area (Å²) in [6.45, 7) is 8.90. The second-order valence-electron chi connectivity index (χ2n) is 9.33. The molecule has 7 heteroatoms. The molecule has 5 nitrogen and oxygen atoms in total. The molecule has 0 saturated heterocycles. The number of nitrogens with zero attached hydrogens (tertiary/aromatic N) is 3. The molecule has 0 fully saturated rings. The first-order valence-corrected chi connectivity index (χ1v) is 13.3. The lowest BCUT2D eigenvalue weighted by atomic mass is 9.69. The van der Waals surface area contributed by atoms with E-state index in [2.05, 4.69) is 37.1 Å². The molecule has 4 rings (SSSR count). The van der Waals surface area contributed by atoms with Crippen LogP contribution in [0.2, 0.25) is 0 Å². The standard InChI is InChI=1S/C26H30N4OS2/c1-5-21(23(31)30-25-29-20-9-7-8-10-22(20)33-25)32-24-17(15-27)13-16-14-18(26(3,4)6-2)11-12-19(16)28-24/h7-10,13,18,21H,5-6,11-12,14H2,1-4H3,(H,29,30,31). The molecule has 1 N–H and O–H groups in total. The van der Waals surface area contributed by atoms with E-state index in [1.54, 1.807) is 0 Å². The molecule has 1 amide bonds. The SMILES string of the molecule is CCC(Sc1nc2c(cc1C#N)CC(C(C)(C)CC)CC2)C(=O)Nc1nc2ccccc2s1. The molecule has 2 heterocycles. The first kappa shape index (κ1) is 23.7. The summed E-state index contributed by atoms with van der Waals surface area (Å²) in [5, 5.41) is 13.7. The number of thiazole rings is 1. The maximum Gasteiger partial charge on any atom is 0.239 e. The van der Waals surface area contributed by atoms with Crippen LogP contribution < -0.4 is 5.32 Å². The molecule has 2 atom stereocenters. The predicted octanol–water partition coefficient (Wildman–Crippen LogP) is 6.61. The normalized spacial score (nSPS) is 16.8. The molecule has 0 spiro atoms. The van der Waals surface area contributed by atoms with Crippen LogP contribution in [-0.2, 0) is 17.6 Å². The number of para-hydroxylation sites is 1. The van der Waals surface area contributed by atoms with E-state index in [-0.39, 0.29) is 16.6 Å². The van der Waals surface area contributed by atoms with Gasteiger partial charge in [0.1, 0.15) is 11.1 Å². The molecule has 172 valence electrons. The number of thioether (sulfide) groups is 1. The molecule has 2 aromatic heterocycles. The van der Waals surface area contributed by atoms with Crippen molar-refractivity contribution in [1.82, 2.24) is 9.97 Å². The van der Waals surface area contributed by atoms with E-state index in [0.717, 1.165) is 41.6 Å². The van der Waals surface area contributed by atoms with Gasteiger partial charge in [-0.15, -0.1) is 0 Å². The minimum absolute atomic E-state index is 0.102. The predicted molar refractivity (Wildman–Crippen MR) is 137 cm³/mol. The number of rotatable bonds is 7. The van der Waals surface area contributed by atoms with Crippen molar-refractivity contribution in [3.8, 4) is 6.07 Å². The molecule has 1 aliphatic rings. The number of carbonyl (C=O) groups excluding carboxylic acids is 1. The molecule has 0 saturated carbocycles. The van der Waals surface area contributed by atoms with E-state index < -0.39 is 0 Å². The Balaban J connectivity index is 1.52. The number of pyridine rings is 1. The van der Waals surface area contributed by atoms with Crippen molar-refractivity contribution in [2.75, 3.05) is 5.32 Å². The number of hydrogen-bond acceptors (Lipinski definition) is 6. The lowest BCUT2D eigenvalue weighted by Gasteiger charge is -2.37. The summed E-state index contributed by atoms with van der Waals surface area (Å²) in [6.07, 6.45) is 4.79. The highest BCUT2D eigenvalue weighted by Gasteiger charge is 2.32. The summed E-state index contributed by atoms with van der Waals surface area (Å²) in [5.41, 5.74) is 4.01. The first-order valence-electron chi connectivity index (χ1n) is 11.6. The van der Waals surface area contributed by atoms with Crippen LogP contribution in [0.15, 0.2) is 35.4 Å². The molecule has 33 heavy (non-hydrogen) atoms. The zero-order chi connectivity index (χ0) is 23.6. The fraction of sp³-hybridized carbons (Fsp3) is 0.462. The third kappa shape index (κ3) is 5.07. The highest BCUT2D eigenvalue weighted by molar-refractivity contribution is 8.00. The molecule has 2 unspecified atom stereocenters. The summed E-state index contributed by atoms with van der Waals surface area (Å²) in [5.74, 6) is 0.500. The number of benzene rings is 1. The monoisotopic (exact) mass is 478 g/mol. The zero-order valence-corrected chi connectivity index (χ0v) is 21.3. The van der Waals surface area contributed by atoms with Gasteiger partial charge in [0.05, 0.1) is 21.0 Å². The number of nitriles is 1. The summed E-state index contributed by atoms with van der Waals surface area (Å²) in [4.78, 5) is 22.4. The van der Waals surface area contributed by atoms with Gasteiger partial charge in [-0.3, -0.25) is 4.79 Å². The minimum Gasteiger partial charge on any atom is -0.301 e. The average Bonchev–Trinajstić information content (AvgIpc) is 3.23. The van der Waals surface area contributed by atoms with Gasteiger partial charge in [0.2, 0.25) is 5.91 Å². The zero-order valence-electron chi connectivity index (χ0n) is 19.6. The molecule has 1 aromatic carbocycles. The number of amides is 1. The van der Waals surface area contributed by atoms with Crippen molar-refractivity contribution in [3.63, 3.8) is 0 Å². The molecule has 0 radical (unpaired) electrons. The van der Waals surface area contributed by atoms with Crippen LogP contribution >= 0.6 is 23.1 Å². The number of anilines is 1. The van der Waals surface area contributed by atoms with Gasteiger partial charge in [0.25, 0.3) is 0 Å². The lowest BCUT2D eigenvalue weighted by molar-refractivity contribution is -0.115. The third-order valence-electron chi connectivity index (χ3n) is 6.93. The molecule has 0 aliphatic heterocycles.